The van der Waals surface area contributed by atoms with E-state index in [-0.39, 0.29) is 13.0 Å². The van der Waals surface area contributed by atoms with E-state index in [2.05, 4.69) is 0 Å². The van der Waals surface area contributed by atoms with Crippen LogP contribution >= 0.6 is 0 Å². The van der Waals surface area contributed by atoms with Gasteiger partial charge in [-0.25, -0.2) is 9.59 Å². The molecule has 1 aromatic rings. The molecule has 5 nitrogen and oxygen atoms in total. The van der Waals surface area contributed by atoms with E-state index in [4.69, 9.17) is 14.9 Å². The molecule has 5 heteroatoms. The minimum absolute atomic E-state index is 0.165. The van der Waals surface area contributed by atoms with Gasteiger partial charge in [-0.3, -0.25) is 0 Å². The summed E-state index contributed by atoms with van der Waals surface area (Å²) >= 11 is 0. The number of rotatable bonds is 8. The van der Waals surface area contributed by atoms with Crippen molar-refractivity contribution in [3.8, 4) is 0 Å². The predicted octanol–water partition coefficient (Wildman–Crippen LogP) is 1.90. The molecule has 108 valence electrons. The second-order valence-corrected chi connectivity index (χ2v) is 4.28. The highest BCUT2D eigenvalue weighted by molar-refractivity contribution is 5.81. The molecule has 1 unspecified atom stereocenters. The minimum atomic E-state index is -1.34. The molecule has 0 fully saturated rings. The molecule has 0 aliphatic heterocycles. The molecule has 1 aromatic carbocycles. The lowest BCUT2D eigenvalue weighted by molar-refractivity contribution is -0.147. The summed E-state index contributed by atoms with van der Waals surface area (Å²) in [6.07, 6.45) is 2.77. The molecular formula is C15H18O5. The van der Waals surface area contributed by atoms with Crippen LogP contribution in [0, 0.1) is 0 Å². The predicted molar refractivity (Wildman–Crippen MR) is 72.9 cm³/mol. The van der Waals surface area contributed by atoms with Gasteiger partial charge in [0.25, 0.3) is 0 Å². The average molecular weight is 278 g/mol. The maximum Gasteiger partial charge on any atom is 0.332 e. The number of carboxylic acid groups (broad SMARTS) is 1. The van der Waals surface area contributed by atoms with Gasteiger partial charge in [0.15, 0.2) is 6.10 Å². The third-order valence-electron chi connectivity index (χ3n) is 2.61. The first-order chi connectivity index (χ1) is 9.59. The Labute approximate surface area is 117 Å². The molecule has 0 aliphatic rings. The zero-order valence-electron chi connectivity index (χ0n) is 11.1. The Balaban J connectivity index is 2.16. The number of aliphatic carboxylic acids is 1. The topological polar surface area (TPSA) is 83.8 Å². The first-order valence-electron chi connectivity index (χ1n) is 6.37. The van der Waals surface area contributed by atoms with E-state index in [0.717, 1.165) is 5.56 Å². The number of unbranched alkanes of at least 4 members (excludes halogenated alkanes) is 1. The fourth-order valence-electron chi connectivity index (χ4n) is 1.51. The average Bonchev–Trinajstić information content (AvgIpc) is 2.45. The molecule has 0 aromatic heterocycles. The van der Waals surface area contributed by atoms with Gasteiger partial charge in [0.2, 0.25) is 0 Å². The Kier molecular flexibility index (Phi) is 7.06. The molecule has 0 radical (unpaired) electrons. The zero-order valence-corrected chi connectivity index (χ0v) is 11.1. The van der Waals surface area contributed by atoms with E-state index >= 15 is 0 Å². The monoisotopic (exact) mass is 278 g/mol. The van der Waals surface area contributed by atoms with Gasteiger partial charge >= 0.3 is 11.9 Å². The highest BCUT2D eigenvalue weighted by Crippen LogP contribution is 2.03. The number of hydrogen-bond donors (Lipinski definition) is 2. The van der Waals surface area contributed by atoms with E-state index in [1.165, 1.54) is 6.08 Å². The van der Waals surface area contributed by atoms with Crippen LogP contribution in [0.3, 0.4) is 0 Å². The maximum atomic E-state index is 11.4. The molecule has 1 atom stereocenters. The van der Waals surface area contributed by atoms with Crippen molar-refractivity contribution in [3.63, 3.8) is 0 Å². The number of carboxylic acids is 1. The Hall–Kier alpha value is -2.14. The van der Waals surface area contributed by atoms with Gasteiger partial charge in [-0.15, -0.1) is 0 Å². The third-order valence-corrected chi connectivity index (χ3v) is 2.61. The van der Waals surface area contributed by atoms with Gasteiger partial charge in [-0.1, -0.05) is 36.4 Å². The van der Waals surface area contributed by atoms with Crippen LogP contribution in [0.2, 0.25) is 0 Å². The summed E-state index contributed by atoms with van der Waals surface area (Å²) in [7, 11) is 0. The van der Waals surface area contributed by atoms with E-state index < -0.39 is 18.0 Å². The SMILES string of the molecule is O=C(/C=C/CCCC(O)C(=O)O)OCc1ccccc1. The number of ether oxygens (including phenoxy) is 1. The minimum Gasteiger partial charge on any atom is -0.479 e. The fraction of sp³-hybridized carbons (Fsp3) is 0.333. The fourth-order valence-corrected chi connectivity index (χ4v) is 1.51. The summed E-state index contributed by atoms with van der Waals surface area (Å²) in [5.41, 5.74) is 0.916. The van der Waals surface area contributed by atoms with Crippen LogP contribution < -0.4 is 0 Å². The lowest BCUT2D eigenvalue weighted by Crippen LogP contribution is -2.18. The summed E-state index contributed by atoms with van der Waals surface area (Å²) < 4.78 is 5.02. The summed E-state index contributed by atoms with van der Waals surface area (Å²) in [5.74, 6) is -1.66. The summed E-state index contributed by atoms with van der Waals surface area (Å²) in [5, 5.41) is 17.5. The standard InChI is InChI=1S/C15H18O5/c16-13(15(18)19)9-5-2-6-10-14(17)20-11-12-7-3-1-4-8-12/h1,3-4,6-8,10,13,16H,2,5,9,11H2,(H,18,19)/b10-6+. The Morgan fingerprint density at radius 2 is 1.95 bits per heavy atom. The van der Waals surface area contributed by atoms with Crippen LogP contribution in [-0.2, 0) is 20.9 Å². The highest BCUT2D eigenvalue weighted by Gasteiger charge is 2.11. The zero-order chi connectivity index (χ0) is 14.8. The molecule has 0 spiro atoms. The van der Waals surface area contributed by atoms with Crippen molar-refractivity contribution in [2.75, 3.05) is 0 Å². The Bertz CT molecular complexity index is 453. The van der Waals surface area contributed by atoms with Crippen LogP contribution in [0.5, 0.6) is 0 Å². The van der Waals surface area contributed by atoms with Crippen LogP contribution in [0.4, 0.5) is 0 Å². The molecule has 2 N–H and O–H groups in total. The van der Waals surface area contributed by atoms with Crippen molar-refractivity contribution >= 4 is 11.9 Å². The number of allylic oxidation sites excluding steroid dienone is 1. The van der Waals surface area contributed by atoms with Crippen LogP contribution in [0.15, 0.2) is 42.5 Å². The largest absolute Gasteiger partial charge is 0.479 e. The summed E-state index contributed by atoms with van der Waals surface area (Å²) in [4.78, 5) is 21.7. The van der Waals surface area contributed by atoms with Gasteiger partial charge < -0.3 is 14.9 Å². The maximum absolute atomic E-state index is 11.4. The number of carbonyl (C=O) groups is 2. The number of aliphatic hydroxyl groups is 1. The lowest BCUT2D eigenvalue weighted by Gasteiger charge is -2.03. The molecule has 0 saturated heterocycles. The molecule has 0 aliphatic carbocycles. The Morgan fingerprint density at radius 3 is 2.60 bits per heavy atom. The van der Waals surface area contributed by atoms with Gasteiger partial charge in [0.05, 0.1) is 0 Å². The van der Waals surface area contributed by atoms with E-state index in [1.807, 2.05) is 30.3 Å². The first-order valence-corrected chi connectivity index (χ1v) is 6.37. The van der Waals surface area contributed by atoms with Gasteiger partial charge in [0, 0.05) is 6.08 Å². The van der Waals surface area contributed by atoms with Gasteiger partial charge in [-0.05, 0) is 24.8 Å². The second-order valence-electron chi connectivity index (χ2n) is 4.28. The summed E-state index contributed by atoms with van der Waals surface area (Å²) in [6, 6.07) is 9.35. The van der Waals surface area contributed by atoms with Crippen molar-refractivity contribution in [1.82, 2.24) is 0 Å². The number of benzene rings is 1. The van der Waals surface area contributed by atoms with Gasteiger partial charge in [0.1, 0.15) is 6.61 Å². The van der Waals surface area contributed by atoms with Crippen molar-refractivity contribution in [3.05, 3.63) is 48.0 Å². The molecular weight excluding hydrogens is 260 g/mol. The molecule has 20 heavy (non-hydrogen) atoms. The van der Waals surface area contributed by atoms with Crippen LogP contribution in [0.1, 0.15) is 24.8 Å². The molecule has 0 heterocycles. The van der Waals surface area contributed by atoms with Crippen molar-refractivity contribution < 1.29 is 24.5 Å². The first kappa shape index (κ1) is 15.9. The molecule has 0 saturated carbocycles. The van der Waals surface area contributed by atoms with E-state index in [9.17, 15) is 9.59 Å². The number of aliphatic hydroxyl groups excluding tert-OH is 1. The smallest absolute Gasteiger partial charge is 0.332 e. The quantitative estimate of drug-likeness (QED) is 0.431. The normalized spacial score (nSPS) is 12.2. The number of hydrogen-bond acceptors (Lipinski definition) is 4. The highest BCUT2D eigenvalue weighted by atomic mass is 16.5. The van der Waals surface area contributed by atoms with E-state index in [0.29, 0.717) is 12.8 Å². The van der Waals surface area contributed by atoms with E-state index in [1.54, 1.807) is 6.08 Å². The Morgan fingerprint density at radius 1 is 1.25 bits per heavy atom. The number of esters is 1. The summed E-state index contributed by atoms with van der Waals surface area (Å²) in [6.45, 7) is 0.224. The third kappa shape index (κ3) is 6.70. The van der Waals surface area contributed by atoms with Crippen LogP contribution in [0.25, 0.3) is 0 Å². The van der Waals surface area contributed by atoms with Gasteiger partial charge in [-0.2, -0.15) is 0 Å². The molecule has 1 rings (SSSR count). The molecule has 0 bridgehead atoms. The van der Waals surface area contributed by atoms with Crippen molar-refractivity contribution in [2.24, 2.45) is 0 Å². The lowest BCUT2D eigenvalue weighted by atomic mass is 10.1. The van der Waals surface area contributed by atoms with Crippen molar-refractivity contribution in [1.29, 1.82) is 0 Å². The second kappa shape index (κ2) is 8.87. The van der Waals surface area contributed by atoms with Crippen molar-refractivity contribution in [2.45, 2.75) is 32.0 Å². The molecule has 0 amide bonds. The van der Waals surface area contributed by atoms with Crippen LogP contribution in [-0.4, -0.2) is 28.3 Å². The number of carbonyl (C=O) groups excluding carboxylic acids is 1.